The van der Waals surface area contributed by atoms with Gasteiger partial charge in [-0.3, -0.25) is 9.69 Å². The van der Waals surface area contributed by atoms with E-state index in [0.29, 0.717) is 30.2 Å². The van der Waals surface area contributed by atoms with Crippen molar-refractivity contribution >= 4 is 28.5 Å². The van der Waals surface area contributed by atoms with Gasteiger partial charge in [-0.25, -0.2) is 14.8 Å². The molecule has 196 valence electrons. The first-order valence-corrected chi connectivity index (χ1v) is 12.5. The van der Waals surface area contributed by atoms with Crippen molar-refractivity contribution in [1.29, 1.82) is 0 Å². The second-order valence-electron chi connectivity index (χ2n) is 10.5. The number of hydrogen-bond acceptors (Lipinski definition) is 6. The van der Waals surface area contributed by atoms with Gasteiger partial charge in [0.25, 0.3) is 0 Å². The first-order chi connectivity index (χ1) is 18.1. The number of carbonyl (C=O) groups is 2. The molecule has 0 saturated heterocycles. The molecule has 7 heteroatoms. The average molecular weight is 512 g/mol. The number of pyridine rings is 2. The van der Waals surface area contributed by atoms with Crippen LogP contribution in [0.4, 0.5) is 5.82 Å². The zero-order valence-electron chi connectivity index (χ0n) is 22.7. The summed E-state index contributed by atoms with van der Waals surface area (Å²) in [5, 5.41) is 1.60. The molecule has 0 fully saturated rings. The van der Waals surface area contributed by atoms with Crippen LogP contribution in [0.3, 0.4) is 0 Å². The third-order valence-electron chi connectivity index (χ3n) is 6.25. The molecule has 0 atom stereocenters. The van der Waals surface area contributed by atoms with Gasteiger partial charge in [0.05, 0.1) is 26.3 Å². The van der Waals surface area contributed by atoms with Gasteiger partial charge in [-0.2, -0.15) is 0 Å². The molecule has 0 saturated carbocycles. The molecule has 0 radical (unpaired) electrons. The van der Waals surface area contributed by atoms with E-state index in [0.717, 1.165) is 33.0 Å². The summed E-state index contributed by atoms with van der Waals surface area (Å²) < 4.78 is 10.1. The highest BCUT2D eigenvalue weighted by atomic mass is 16.5. The van der Waals surface area contributed by atoms with E-state index in [-0.39, 0.29) is 11.3 Å². The van der Waals surface area contributed by atoms with Gasteiger partial charge in [-0.15, -0.1) is 0 Å². The summed E-state index contributed by atoms with van der Waals surface area (Å²) >= 11 is 0. The maximum Gasteiger partial charge on any atom is 0.337 e. The molecule has 0 unspecified atom stereocenters. The van der Waals surface area contributed by atoms with E-state index in [9.17, 15) is 9.59 Å². The van der Waals surface area contributed by atoms with Crippen LogP contribution in [0.1, 0.15) is 48.7 Å². The van der Waals surface area contributed by atoms with E-state index in [2.05, 4.69) is 9.97 Å². The lowest BCUT2D eigenvalue weighted by molar-refractivity contribution is -0.120. The molecule has 1 amide bonds. The van der Waals surface area contributed by atoms with Crippen molar-refractivity contribution in [2.24, 2.45) is 5.41 Å². The van der Waals surface area contributed by atoms with E-state index in [4.69, 9.17) is 9.47 Å². The van der Waals surface area contributed by atoms with Crippen molar-refractivity contribution in [2.75, 3.05) is 19.1 Å². The van der Waals surface area contributed by atoms with Crippen LogP contribution in [-0.2, 0) is 16.1 Å². The molecule has 0 spiro atoms. The normalized spacial score (nSPS) is 11.3. The van der Waals surface area contributed by atoms with E-state index >= 15 is 0 Å². The third kappa shape index (κ3) is 5.99. The number of hydrogen-bond donors (Lipinski definition) is 0. The van der Waals surface area contributed by atoms with Crippen LogP contribution in [0.15, 0.2) is 67.0 Å². The minimum atomic E-state index is -0.409. The van der Waals surface area contributed by atoms with E-state index in [1.165, 1.54) is 7.11 Å². The fraction of sp³-hybridized carbons (Fsp3) is 0.290. The first-order valence-electron chi connectivity index (χ1n) is 12.5. The van der Waals surface area contributed by atoms with Gasteiger partial charge >= 0.3 is 5.97 Å². The molecule has 0 aliphatic rings. The number of methoxy groups -OCH3 is 2. The number of carbonyl (C=O) groups excluding carboxylic acids is 2. The Morgan fingerprint density at radius 3 is 2.29 bits per heavy atom. The Morgan fingerprint density at radius 1 is 0.921 bits per heavy atom. The van der Waals surface area contributed by atoms with Crippen molar-refractivity contribution in [3.05, 3.63) is 83.7 Å². The van der Waals surface area contributed by atoms with Crippen molar-refractivity contribution in [3.63, 3.8) is 0 Å². The zero-order chi connectivity index (χ0) is 27.4. The molecule has 2 aromatic carbocycles. The standard InChI is InChI=1S/C31H33N3O4/c1-20-15-25(18-33-29(20)37-5)22-9-7-21(8-10-22)19-34(27(35)17-31(2,3)4)28-26-12-11-24(30(36)38-6)16-23(26)13-14-32-28/h7-16,18H,17,19H2,1-6H3. The predicted octanol–water partition coefficient (Wildman–Crippen LogP) is 6.37. The van der Waals surface area contributed by atoms with Gasteiger partial charge in [-0.1, -0.05) is 45.0 Å². The topological polar surface area (TPSA) is 81.6 Å². The number of nitrogens with zero attached hydrogens (tertiary/aromatic N) is 3. The lowest BCUT2D eigenvalue weighted by atomic mass is 9.91. The summed E-state index contributed by atoms with van der Waals surface area (Å²) in [5.41, 5.74) is 4.21. The maximum atomic E-state index is 13.6. The molecule has 38 heavy (non-hydrogen) atoms. The Morgan fingerprint density at radius 2 is 1.66 bits per heavy atom. The predicted molar refractivity (Wildman–Crippen MR) is 149 cm³/mol. The summed E-state index contributed by atoms with van der Waals surface area (Å²) in [6.45, 7) is 8.46. The highest BCUT2D eigenvalue weighted by Gasteiger charge is 2.25. The van der Waals surface area contributed by atoms with Gasteiger partial charge in [0.2, 0.25) is 11.8 Å². The number of aryl methyl sites for hydroxylation is 1. The Bertz CT molecular complexity index is 1470. The van der Waals surface area contributed by atoms with Crippen molar-refractivity contribution in [3.8, 4) is 17.0 Å². The van der Waals surface area contributed by atoms with E-state index < -0.39 is 5.97 Å². The van der Waals surface area contributed by atoms with E-state index in [1.54, 1.807) is 36.5 Å². The number of esters is 1. The van der Waals surface area contributed by atoms with Crippen molar-refractivity contribution in [2.45, 2.75) is 40.7 Å². The largest absolute Gasteiger partial charge is 0.481 e. The van der Waals surface area contributed by atoms with Crippen LogP contribution >= 0.6 is 0 Å². The maximum absolute atomic E-state index is 13.6. The summed E-state index contributed by atoms with van der Waals surface area (Å²) in [7, 11) is 2.97. The molecule has 0 aliphatic carbocycles. The number of anilines is 1. The van der Waals surface area contributed by atoms with Gasteiger partial charge in [-0.05, 0) is 59.2 Å². The Balaban J connectivity index is 1.69. The molecule has 7 nitrogen and oxygen atoms in total. The fourth-order valence-electron chi connectivity index (χ4n) is 4.37. The zero-order valence-corrected chi connectivity index (χ0v) is 22.7. The van der Waals surface area contributed by atoms with Crippen LogP contribution in [0.25, 0.3) is 21.9 Å². The van der Waals surface area contributed by atoms with Gasteiger partial charge in [0.1, 0.15) is 5.82 Å². The number of ether oxygens (including phenoxy) is 2. The summed E-state index contributed by atoms with van der Waals surface area (Å²) in [5.74, 6) is 0.744. The number of fused-ring (bicyclic) bond motifs is 1. The van der Waals surface area contributed by atoms with Gasteiger partial charge < -0.3 is 9.47 Å². The number of amides is 1. The second-order valence-corrected chi connectivity index (χ2v) is 10.5. The number of rotatable bonds is 7. The van der Waals surface area contributed by atoms with Gasteiger partial charge in [0, 0.05) is 35.3 Å². The smallest absolute Gasteiger partial charge is 0.337 e. The van der Waals surface area contributed by atoms with Crippen LogP contribution in [0.2, 0.25) is 0 Å². The molecule has 2 aromatic heterocycles. The number of benzene rings is 2. The van der Waals surface area contributed by atoms with Crippen molar-refractivity contribution < 1.29 is 19.1 Å². The highest BCUT2D eigenvalue weighted by molar-refractivity contribution is 6.04. The van der Waals surface area contributed by atoms with Gasteiger partial charge in [0.15, 0.2) is 0 Å². The Kier molecular flexibility index (Phi) is 7.76. The quantitative estimate of drug-likeness (QED) is 0.268. The third-order valence-corrected chi connectivity index (χ3v) is 6.25. The molecule has 0 N–H and O–H groups in total. The fourth-order valence-corrected chi connectivity index (χ4v) is 4.37. The minimum Gasteiger partial charge on any atom is -0.481 e. The van der Waals surface area contributed by atoms with Crippen LogP contribution in [-0.4, -0.2) is 36.1 Å². The van der Waals surface area contributed by atoms with Crippen LogP contribution in [0.5, 0.6) is 5.88 Å². The van der Waals surface area contributed by atoms with E-state index in [1.807, 2.05) is 70.2 Å². The lowest BCUT2D eigenvalue weighted by Gasteiger charge is -2.27. The SMILES string of the molecule is COC(=O)c1ccc2c(N(Cc3ccc(-c4cnc(OC)c(C)c4)cc3)C(=O)CC(C)(C)C)nccc2c1. The molecule has 2 heterocycles. The number of aromatic nitrogens is 2. The summed E-state index contributed by atoms with van der Waals surface area (Å²) in [6.07, 6.45) is 3.82. The Labute approximate surface area is 223 Å². The molecular weight excluding hydrogens is 478 g/mol. The molecule has 0 bridgehead atoms. The van der Waals surface area contributed by atoms with Crippen LogP contribution in [0, 0.1) is 12.3 Å². The molecular formula is C31H33N3O4. The molecule has 4 rings (SSSR count). The first kappa shape index (κ1) is 26.8. The summed E-state index contributed by atoms with van der Waals surface area (Å²) in [4.78, 5) is 36.4. The van der Waals surface area contributed by atoms with Crippen LogP contribution < -0.4 is 9.64 Å². The monoisotopic (exact) mass is 511 g/mol. The molecule has 4 aromatic rings. The molecule has 0 aliphatic heterocycles. The Hall–Kier alpha value is -4.26. The van der Waals surface area contributed by atoms with Crippen molar-refractivity contribution in [1.82, 2.24) is 9.97 Å². The lowest BCUT2D eigenvalue weighted by Crippen LogP contribution is -2.34. The highest BCUT2D eigenvalue weighted by Crippen LogP contribution is 2.30. The summed E-state index contributed by atoms with van der Waals surface area (Å²) in [6, 6.07) is 17.3. The minimum absolute atomic E-state index is 0.0198. The average Bonchev–Trinajstić information content (AvgIpc) is 2.90. The second kappa shape index (κ2) is 11.0.